The van der Waals surface area contributed by atoms with E-state index in [1.165, 1.54) is 0 Å². The molecular formula is C14H19N3. The maximum atomic E-state index is 9.26. The van der Waals surface area contributed by atoms with Gasteiger partial charge in [-0.05, 0) is 37.3 Å². The Kier molecular flexibility index (Phi) is 2.82. The molecule has 17 heavy (non-hydrogen) atoms. The number of hydrogen-bond acceptors (Lipinski definition) is 3. The topological polar surface area (TPSA) is 39.9 Å². The van der Waals surface area contributed by atoms with Crippen LogP contribution in [0.2, 0.25) is 0 Å². The van der Waals surface area contributed by atoms with Crippen molar-refractivity contribution in [2.45, 2.75) is 34.1 Å². The average molecular weight is 229 g/mol. The summed E-state index contributed by atoms with van der Waals surface area (Å²) in [6.45, 7) is 10.5. The number of aryl methyl sites for hydroxylation is 2. The van der Waals surface area contributed by atoms with Gasteiger partial charge in [0.1, 0.15) is 11.9 Å². The van der Waals surface area contributed by atoms with E-state index >= 15 is 0 Å². The number of nitriles is 1. The van der Waals surface area contributed by atoms with Crippen molar-refractivity contribution >= 4 is 5.82 Å². The van der Waals surface area contributed by atoms with E-state index < -0.39 is 0 Å². The average Bonchev–Trinajstić information content (AvgIpc) is 2.57. The molecule has 0 unspecified atom stereocenters. The lowest BCUT2D eigenvalue weighted by Crippen LogP contribution is -2.25. The normalized spacial score (nSPS) is 18.2. The third kappa shape index (κ3) is 2.26. The van der Waals surface area contributed by atoms with Gasteiger partial charge in [0.25, 0.3) is 0 Å². The number of hydrogen-bond donors (Lipinski definition) is 0. The SMILES string of the molecule is Cc1cc(C)c(C#N)c(N2CCC(C)(C)C2)n1. The summed E-state index contributed by atoms with van der Waals surface area (Å²) in [6.07, 6.45) is 1.16. The van der Waals surface area contributed by atoms with Crippen molar-refractivity contribution in [3.8, 4) is 6.07 Å². The summed E-state index contributed by atoms with van der Waals surface area (Å²) >= 11 is 0. The highest BCUT2D eigenvalue weighted by molar-refractivity contribution is 5.58. The Bertz CT molecular complexity index is 483. The first kappa shape index (κ1) is 11.9. The molecule has 1 aliphatic rings. The zero-order chi connectivity index (χ0) is 12.6. The van der Waals surface area contributed by atoms with E-state index in [9.17, 15) is 5.26 Å². The number of anilines is 1. The minimum absolute atomic E-state index is 0.325. The molecule has 0 radical (unpaired) electrons. The van der Waals surface area contributed by atoms with Crippen LogP contribution in [0.3, 0.4) is 0 Å². The van der Waals surface area contributed by atoms with Gasteiger partial charge < -0.3 is 4.90 Å². The number of pyridine rings is 1. The van der Waals surface area contributed by atoms with Crippen LogP contribution in [0, 0.1) is 30.6 Å². The third-order valence-electron chi connectivity index (χ3n) is 3.41. The van der Waals surface area contributed by atoms with E-state index in [1.54, 1.807) is 0 Å². The van der Waals surface area contributed by atoms with E-state index in [1.807, 2.05) is 19.9 Å². The molecule has 90 valence electrons. The Morgan fingerprint density at radius 3 is 2.65 bits per heavy atom. The van der Waals surface area contributed by atoms with Crippen LogP contribution in [0.15, 0.2) is 6.07 Å². The fraction of sp³-hybridized carbons (Fsp3) is 0.571. The molecule has 0 aliphatic carbocycles. The van der Waals surface area contributed by atoms with Crippen LogP contribution in [0.5, 0.6) is 0 Å². The van der Waals surface area contributed by atoms with Crippen molar-refractivity contribution in [1.82, 2.24) is 4.98 Å². The summed E-state index contributed by atoms with van der Waals surface area (Å²) in [6, 6.07) is 4.27. The molecule has 2 rings (SSSR count). The van der Waals surface area contributed by atoms with E-state index in [0.717, 1.165) is 42.1 Å². The minimum atomic E-state index is 0.325. The molecule has 0 spiro atoms. The van der Waals surface area contributed by atoms with Crippen LogP contribution in [-0.2, 0) is 0 Å². The molecule has 1 aromatic heterocycles. The zero-order valence-corrected chi connectivity index (χ0v) is 11.0. The molecule has 0 N–H and O–H groups in total. The van der Waals surface area contributed by atoms with Crippen molar-refractivity contribution in [2.24, 2.45) is 5.41 Å². The first-order valence-electron chi connectivity index (χ1n) is 6.06. The van der Waals surface area contributed by atoms with Gasteiger partial charge >= 0.3 is 0 Å². The molecule has 1 aromatic rings. The Hall–Kier alpha value is -1.56. The Morgan fingerprint density at radius 2 is 2.12 bits per heavy atom. The van der Waals surface area contributed by atoms with Gasteiger partial charge in [-0.2, -0.15) is 5.26 Å². The molecule has 3 heteroatoms. The molecule has 0 saturated carbocycles. The third-order valence-corrected chi connectivity index (χ3v) is 3.41. The van der Waals surface area contributed by atoms with Crippen LogP contribution in [0.4, 0.5) is 5.82 Å². The maximum absolute atomic E-state index is 9.26. The van der Waals surface area contributed by atoms with Crippen molar-refractivity contribution in [3.05, 3.63) is 22.9 Å². The smallest absolute Gasteiger partial charge is 0.147 e. The van der Waals surface area contributed by atoms with Crippen LogP contribution < -0.4 is 4.90 Å². The first-order valence-corrected chi connectivity index (χ1v) is 6.06. The van der Waals surface area contributed by atoms with Crippen LogP contribution in [-0.4, -0.2) is 18.1 Å². The molecule has 0 bridgehead atoms. The van der Waals surface area contributed by atoms with Gasteiger partial charge in [0, 0.05) is 18.8 Å². The molecule has 1 saturated heterocycles. The van der Waals surface area contributed by atoms with Crippen LogP contribution in [0.1, 0.15) is 37.1 Å². The van der Waals surface area contributed by atoms with Crippen LogP contribution >= 0.6 is 0 Å². The van der Waals surface area contributed by atoms with Gasteiger partial charge in [-0.15, -0.1) is 0 Å². The Balaban J connectivity index is 2.43. The number of rotatable bonds is 1. The van der Waals surface area contributed by atoms with Gasteiger partial charge in [-0.1, -0.05) is 13.8 Å². The summed E-state index contributed by atoms with van der Waals surface area (Å²) < 4.78 is 0. The fourth-order valence-electron chi connectivity index (χ4n) is 2.48. The molecule has 0 aromatic carbocycles. The Morgan fingerprint density at radius 1 is 1.41 bits per heavy atom. The second-order valence-corrected chi connectivity index (χ2v) is 5.73. The Labute approximate surface area is 103 Å². The van der Waals surface area contributed by atoms with Crippen molar-refractivity contribution in [3.63, 3.8) is 0 Å². The molecule has 3 nitrogen and oxygen atoms in total. The highest BCUT2D eigenvalue weighted by Crippen LogP contribution is 2.33. The quantitative estimate of drug-likeness (QED) is 0.743. The van der Waals surface area contributed by atoms with E-state index in [-0.39, 0.29) is 0 Å². The summed E-state index contributed by atoms with van der Waals surface area (Å²) in [5.74, 6) is 0.871. The highest BCUT2D eigenvalue weighted by Gasteiger charge is 2.31. The van der Waals surface area contributed by atoms with Gasteiger partial charge in [-0.25, -0.2) is 4.98 Å². The second kappa shape index (κ2) is 4.03. The first-order chi connectivity index (χ1) is 7.93. The van der Waals surface area contributed by atoms with Gasteiger partial charge in [0.15, 0.2) is 0 Å². The highest BCUT2D eigenvalue weighted by atomic mass is 15.2. The van der Waals surface area contributed by atoms with Crippen molar-refractivity contribution < 1.29 is 0 Å². The summed E-state index contributed by atoms with van der Waals surface area (Å²) in [7, 11) is 0. The lowest BCUT2D eigenvalue weighted by Gasteiger charge is -2.22. The molecule has 2 heterocycles. The summed E-state index contributed by atoms with van der Waals surface area (Å²) in [4.78, 5) is 6.80. The van der Waals surface area contributed by atoms with Gasteiger partial charge in [0.2, 0.25) is 0 Å². The van der Waals surface area contributed by atoms with Crippen molar-refractivity contribution in [1.29, 1.82) is 5.26 Å². The van der Waals surface area contributed by atoms with Crippen molar-refractivity contribution in [2.75, 3.05) is 18.0 Å². The van der Waals surface area contributed by atoms with E-state index in [4.69, 9.17) is 0 Å². The lowest BCUT2D eigenvalue weighted by molar-refractivity contribution is 0.418. The van der Waals surface area contributed by atoms with Gasteiger partial charge in [0.05, 0.1) is 5.56 Å². The zero-order valence-electron chi connectivity index (χ0n) is 11.0. The fourth-order valence-corrected chi connectivity index (χ4v) is 2.48. The standard InChI is InChI=1S/C14H19N3/c1-10-7-11(2)16-13(12(10)8-15)17-6-5-14(3,4)9-17/h7H,5-6,9H2,1-4H3. The maximum Gasteiger partial charge on any atom is 0.147 e. The summed E-state index contributed by atoms with van der Waals surface area (Å²) in [5.41, 5.74) is 3.07. The monoisotopic (exact) mass is 229 g/mol. The predicted molar refractivity (Wildman–Crippen MR) is 69.0 cm³/mol. The number of aromatic nitrogens is 1. The largest absolute Gasteiger partial charge is 0.355 e. The van der Waals surface area contributed by atoms with Crippen LogP contribution in [0.25, 0.3) is 0 Å². The van der Waals surface area contributed by atoms with E-state index in [0.29, 0.717) is 5.41 Å². The van der Waals surface area contributed by atoms with E-state index in [2.05, 4.69) is 29.8 Å². The number of nitrogens with zero attached hydrogens (tertiary/aromatic N) is 3. The molecule has 0 atom stereocenters. The van der Waals surface area contributed by atoms with Gasteiger partial charge in [-0.3, -0.25) is 0 Å². The molecule has 1 aliphatic heterocycles. The molecule has 1 fully saturated rings. The molecule has 0 amide bonds. The second-order valence-electron chi connectivity index (χ2n) is 5.73. The minimum Gasteiger partial charge on any atom is -0.355 e. The summed E-state index contributed by atoms with van der Waals surface area (Å²) in [5, 5.41) is 9.26. The lowest BCUT2D eigenvalue weighted by atomic mass is 9.93. The molecular weight excluding hydrogens is 210 g/mol. The predicted octanol–water partition coefficient (Wildman–Crippen LogP) is 2.81.